The van der Waals surface area contributed by atoms with Crippen molar-refractivity contribution in [2.45, 2.75) is 0 Å². The maximum Gasteiger partial charge on any atom is 0.143 e. The third-order valence-electron chi connectivity index (χ3n) is 2.66. The van der Waals surface area contributed by atoms with Crippen molar-refractivity contribution in [1.82, 2.24) is 4.98 Å². The van der Waals surface area contributed by atoms with Gasteiger partial charge in [-0.3, -0.25) is 0 Å². The van der Waals surface area contributed by atoms with Gasteiger partial charge in [-0.15, -0.1) is 11.3 Å². The summed E-state index contributed by atoms with van der Waals surface area (Å²) >= 11 is 1.39. The van der Waals surface area contributed by atoms with Gasteiger partial charge >= 0.3 is 0 Å². The average molecular weight is 256 g/mol. The van der Waals surface area contributed by atoms with Crippen molar-refractivity contribution in [3.05, 3.63) is 29.3 Å². The number of nitriles is 1. The van der Waals surface area contributed by atoms with E-state index in [0.717, 1.165) is 5.39 Å². The molecule has 0 unspecified atom stereocenters. The minimum absolute atomic E-state index is 0.193. The van der Waals surface area contributed by atoms with Crippen LogP contribution in [0.15, 0.2) is 28.2 Å². The van der Waals surface area contributed by atoms with Crippen molar-refractivity contribution >= 4 is 33.1 Å². The van der Waals surface area contributed by atoms with Crippen LogP contribution < -0.4 is 11.5 Å². The highest BCUT2D eigenvalue weighted by molar-refractivity contribution is 7.17. The van der Waals surface area contributed by atoms with Gasteiger partial charge in [0.25, 0.3) is 0 Å². The third kappa shape index (κ3) is 1.35. The Balaban J connectivity index is 2.53. The maximum absolute atomic E-state index is 9.24. The first kappa shape index (κ1) is 10.6. The average Bonchev–Trinajstić information content (AvgIpc) is 2.98. The lowest BCUT2D eigenvalue weighted by Gasteiger charge is -2.06. The lowest BCUT2D eigenvalue weighted by atomic mass is 10.0. The summed E-state index contributed by atoms with van der Waals surface area (Å²) in [6.07, 6.45) is 1.54. The van der Waals surface area contributed by atoms with E-state index in [0.29, 0.717) is 27.4 Å². The number of hydrogen-bond acceptors (Lipinski definition) is 6. The number of hydrogen-bond donors (Lipinski definition) is 2. The van der Waals surface area contributed by atoms with Gasteiger partial charge in [-0.05, 0) is 12.1 Å². The summed E-state index contributed by atoms with van der Waals surface area (Å²) in [6, 6.07) is 5.58. The summed E-state index contributed by atoms with van der Waals surface area (Å²) < 4.78 is 5.36. The number of nitrogen functional groups attached to an aromatic ring is 2. The summed E-state index contributed by atoms with van der Waals surface area (Å²) in [5.41, 5.74) is 13.2. The molecule has 0 radical (unpaired) electrons. The highest BCUT2D eigenvalue weighted by atomic mass is 32.1. The molecule has 0 aliphatic rings. The maximum atomic E-state index is 9.24. The van der Waals surface area contributed by atoms with Crippen LogP contribution in [-0.4, -0.2) is 4.98 Å². The Morgan fingerprint density at radius 3 is 2.89 bits per heavy atom. The Hall–Kier alpha value is -2.52. The first-order valence-corrected chi connectivity index (χ1v) is 6.00. The fourth-order valence-corrected chi connectivity index (χ4v) is 2.74. The molecule has 0 fully saturated rings. The SMILES string of the molecule is N#Cc1c(N)nc2scc(N)c2c1-c1ccco1. The van der Waals surface area contributed by atoms with Crippen LogP contribution >= 0.6 is 11.3 Å². The standard InChI is InChI=1S/C12H8N4OS/c13-4-6-9(8-2-1-3-17-8)10-7(14)5-18-12(10)16-11(6)15/h1-3,5H,14H2,(H2,15,16). The van der Waals surface area contributed by atoms with Gasteiger partial charge in [-0.2, -0.15) is 5.26 Å². The van der Waals surface area contributed by atoms with E-state index in [1.165, 1.54) is 11.3 Å². The minimum atomic E-state index is 0.193. The molecule has 18 heavy (non-hydrogen) atoms. The van der Waals surface area contributed by atoms with E-state index in [9.17, 15) is 5.26 Å². The van der Waals surface area contributed by atoms with Crippen molar-refractivity contribution < 1.29 is 4.42 Å². The van der Waals surface area contributed by atoms with Crippen LogP contribution in [0.1, 0.15) is 5.56 Å². The summed E-state index contributed by atoms with van der Waals surface area (Å²) in [5, 5.41) is 11.7. The van der Waals surface area contributed by atoms with E-state index in [4.69, 9.17) is 15.9 Å². The Morgan fingerprint density at radius 2 is 2.22 bits per heavy atom. The molecule has 3 heterocycles. The molecule has 0 aliphatic heterocycles. The number of anilines is 2. The smallest absolute Gasteiger partial charge is 0.143 e. The Bertz CT molecular complexity index is 768. The summed E-state index contributed by atoms with van der Waals surface area (Å²) in [5.74, 6) is 0.758. The molecule has 3 aromatic heterocycles. The fourth-order valence-electron chi connectivity index (χ4n) is 1.89. The predicted octanol–water partition coefficient (Wildman–Crippen LogP) is 2.59. The van der Waals surface area contributed by atoms with Gasteiger partial charge in [-0.25, -0.2) is 4.98 Å². The van der Waals surface area contributed by atoms with Gasteiger partial charge < -0.3 is 15.9 Å². The van der Waals surface area contributed by atoms with E-state index >= 15 is 0 Å². The third-order valence-corrected chi connectivity index (χ3v) is 3.55. The quantitative estimate of drug-likeness (QED) is 0.696. The molecule has 3 rings (SSSR count). The van der Waals surface area contributed by atoms with Crippen molar-refractivity contribution in [2.75, 3.05) is 11.5 Å². The minimum Gasteiger partial charge on any atom is -0.464 e. The zero-order valence-corrected chi connectivity index (χ0v) is 9.99. The van der Waals surface area contributed by atoms with E-state index in [1.54, 1.807) is 23.8 Å². The van der Waals surface area contributed by atoms with Gasteiger partial charge in [0.2, 0.25) is 0 Å². The molecule has 0 spiro atoms. The molecular weight excluding hydrogens is 248 g/mol. The first-order chi connectivity index (χ1) is 8.72. The zero-order valence-electron chi connectivity index (χ0n) is 9.18. The predicted molar refractivity (Wildman–Crippen MR) is 70.9 cm³/mol. The molecule has 5 nitrogen and oxygen atoms in total. The lowest BCUT2D eigenvalue weighted by Crippen LogP contribution is -1.98. The van der Waals surface area contributed by atoms with Gasteiger partial charge in [0.1, 0.15) is 28.0 Å². The monoisotopic (exact) mass is 256 g/mol. The molecule has 0 aliphatic carbocycles. The number of aromatic nitrogens is 1. The molecular formula is C12H8N4OS. The second-order valence-corrected chi connectivity index (χ2v) is 4.57. The van der Waals surface area contributed by atoms with E-state index < -0.39 is 0 Å². The van der Waals surface area contributed by atoms with Crippen LogP contribution in [0.2, 0.25) is 0 Å². The molecule has 0 atom stereocenters. The van der Waals surface area contributed by atoms with Gasteiger partial charge in [-0.1, -0.05) is 0 Å². The Labute approximate surface area is 106 Å². The molecule has 0 saturated carbocycles. The van der Waals surface area contributed by atoms with Crippen LogP contribution in [0.4, 0.5) is 11.5 Å². The Morgan fingerprint density at radius 1 is 1.39 bits per heavy atom. The number of thiophene rings is 1. The number of nitrogens with two attached hydrogens (primary N) is 2. The zero-order chi connectivity index (χ0) is 12.7. The van der Waals surface area contributed by atoms with Crippen LogP contribution in [0.3, 0.4) is 0 Å². The molecule has 0 saturated heterocycles. The van der Waals surface area contributed by atoms with Crippen LogP contribution in [0.25, 0.3) is 21.5 Å². The summed E-state index contributed by atoms with van der Waals surface area (Å²) in [6.45, 7) is 0. The number of fused-ring (bicyclic) bond motifs is 1. The fraction of sp³-hybridized carbons (Fsp3) is 0. The van der Waals surface area contributed by atoms with E-state index in [2.05, 4.69) is 11.1 Å². The van der Waals surface area contributed by atoms with Crippen molar-refractivity contribution in [2.24, 2.45) is 0 Å². The number of furan rings is 1. The van der Waals surface area contributed by atoms with Gasteiger partial charge in [0, 0.05) is 10.8 Å². The van der Waals surface area contributed by atoms with Gasteiger partial charge in [0.15, 0.2) is 0 Å². The number of rotatable bonds is 1. The molecule has 0 aromatic carbocycles. The van der Waals surface area contributed by atoms with Crippen molar-refractivity contribution in [3.8, 4) is 17.4 Å². The second-order valence-electron chi connectivity index (χ2n) is 3.71. The molecule has 0 amide bonds. The molecule has 3 aromatic rings. The highest BCUT2D eigenvalue weighted by Crippen LogP contribution is 2.39. The Kier molecular flexibility index (Phi) is 2.21. The van der Waals surface area contributed by atoms with Crippen LogP contribution in [-0.2, 0) is 0 Å². The molecule has 0 bridgehead atoms. The number of nitrogens with zero attached hydrogens (tertiary/aromatic N) is 2. The van der Waals surface area contributed by atoms with Crippen LogP contribution in [0, 0.1) is 11.3 Å². The molecule has 4 N–H and O–H groups in total. The van der Waals surface area contributed by atoms with Gasteiger partial charge in [0.05, 0.1) is 17.5 Å². The van der Waals surface area contributed by atoms with Crippen LogP contribution in [0.5, 0.6) is 0 Å². The summed E-state index contributed by atoms with van der Waals surface area (Å²) in [7, 11) is 0. The molecule has 88 valence electrons. The van der Waals surface area contributed by atoms with Crippen molar-refractivity contribution in [3.63, 3.8) is 0 Å². The van der Waals surface area contributed by atoms with E-state index in [1.807, 2.05) is 0 Å². The lowest BCUT2D eigenvalue weighted by molar-refractivity contribution is 0.583. The summed E-state index contributed by atoms with van der Waals surface area (Å²) in [4.78, 5) is 4.89. The second kappa shape index (κ2) is 3.75. The number of pyridine rings is 1. The normalized spacial score (nSPS) is 10.6. The molecule has 6 heteroatoms. The highest BCUT2D eigenvalue weighted by Gasteiger charge is 2.19. The van der Waals surface area contributed by atoms with E-state index in [-0.39, 0.29) is 5.82 Å². The van der Waals surface area contributed by atoms with Crippen molar-refractivity contribution in [1.29, 1.82) is 5.26 Å². The largest absolute Gasteiger partial charge is 0.464 e. The first-order valence-electron chi connectivity index (χ1n) is 5.12. The topological polar surface area (TPSA) is 102 Å².